The van der Waals surface area contributed by atoms with Crippen LogP contribution in [0.5, 0.6) is 5.75 Å². The van der Waals surface area contributed by atoms with Gasteiger partial charge in [0.25, 0.3) is 0 Å². The fourth-order valence-corrected chi connectivity index (χ4v) is 1.69. The van der Waals surface area contributed by atoms with Gasteiger partial charge >= 0.3 is 6.01 Å². The number of nitrogens with one attached hydrogen (secondary N) is 1. The molecule has 0 aliphatic rings. The molecular weight excluding hydrogens is 242 g/mol. The molecule has 0 aliphatic carbocycles. The number of hydrogen-bond donors (Lipinski definition) is 1. The highest BCUT2D eigenvalue weighted by Crippen LogP contribution is 2.29. The first-order chi connectivity index (χ1) is 8.89. The normalized spacial score (nSPS) is 11.4. The Morgan fingerprint density at radius 2 is 2.00 bits per heavy atom. The average molecular weight is 261 g/mol. The number of nitrogens with zero attached hydrogens (tertiary/aromatic N) is 2. The monoisotopic (exact) mass is 261 g/mol. The third-order valence-electron chi connectivity index (χ3n) is 2.51. The maximum absolute atomic E-state index is 5.35. The smallest absolute Gasteiger partial charge is 0.322 e. The van der Waals surface area contributed by atoms with Crippen molar-refractivity contribution in [3.8, 4) is 17.1 Å². The number of rotatable bonds is 3. The van der Waals surface area contributed by atoms with Crippen molar-refractivity contribution < 1.29 is 9.26 Å². The van der Waals surface area contributed by atoms with Crippen molar-refractivity contribution in [2.45, 2.75) is 33.2 Å². The maximum atomic E-state index is 5.35. The van der Waals surface area contributed by atoms with Gasteiger partial charge in [-0.25, -0.2) is 0 Å². The standard InChI is InChI=1S/C14H19N3O2/c1-9-6-7-10(11(8-9)18-5)12-15-13(19-17-12)16-14(2,3)4/h6-8H,1-5H3,(H,15,16,17). The van der Waals surface area contributed by atoms with Crippen LogP contribution < -0.4 is 10.1 Å². The van der Waals surface area contributed by atoms with Crippen molar-refractivity contribution in [2.24, 2.45) is 0 Å². The average Bonchev–Trinajstić information content (AvgIpc) is 2.74. The molecule has 0 aliphatic heterocycles. The Balaban J connectivity index is 2.33. The lowest BCUT2D eigenvalue weighted by Crippen LogP contribution is -2.26. The highest BCUT2D eigenvalue weighted by Gasteiger charge is 2.17. The molecule has 1 N–H and O–H groups in total. The maximum Gasteiger partial charge on any atom is 0.322 e. The summed E-state index contributed by atoms with van der Waals surface area (Å²) >= 11 is 0. The van der Waals surface area contributed by atoms with E-state index in [1.54, 1.807) is 7.11 Å². The number of aromatic nitrogens is 2. The summed E-state index contributed by atoms with van der Waals surface area (Å²) in [6.45, 7) is 8.10. The van der Waals surface area contributed by atoms with Crippen LogP contribution in [0, 0.1) is 6.92 Å². The lowest BCUT2D eigenvalue weighted by Gasteiger charge is -2.17. The van der Waals surface area contributed by atoms with Crippen molar-refractivity contribution in [2.75, 3.05) is 12.4 Å². The van der Waals surface area contributed by atoms with Crippen molar-refractivity contribution in [3.05, 3.63) is 23.8 Å². The van der Waals surface area contributed by atoms with Gasteiger partial charge in [0.05, 0.1) is 12.7 Å². The Hall–Kier alpha value is -2.04. The van der Waals surface area contributed by atoms with Crippen molar-refractivity contribution >= 4 is 6.01 Å². The minimum absolute atomic E-state index is 0.124. The molecule has 1 heterocycles. The summed E-state index contributed by atoms with van der Waals surface area (Å²) in [4.78, 5) is 4.34. The van der Waals surface area contributed by atoms with E-state index in [2.05, 4.69) is 15.5 Å². The van der Waals surface area contributed by atoms with E-state index in [1.165, 1.54) is 0 Å². The zero-order valence-electron chi connectivity index (χ0n) is 11.9. The highest BCUT2D eigenvalue weighted by molar-refractivity contribution is 5.65. The Bertz CT molecular complexity index is 570. The fraction of sp³-hybridized carbons (Fsp3) is 0.429. The molecule has 0 saturated heterocycles. The Morgan fingerprint density at radius 1 is 1.26 bits per heavy atom. The molecule has 5 nitrogen and oxygen atoms in total. The van der Waals surface area contributed by atoms with E-state index in [0.29, 0.717) is 11.8 Å². The van der Waals surface area contributed by atoms with Crippen LogP contribution in [-0.2, 0) is 0 Å². The second-order valence-corrected chi connectivity index (χ2v) is 5.50. The van der Waals surface area contributed by atoms with Crippen LogP contribution in [0.15, 0.2) is 22.7 Å². The van der Waals surface area contributed by atoms with Crippen LogP contribution in [0.4, 0.5) is 6.01 Å². The van der Waals surface area contributed by atoms with E-state index in [4.69, 9.17) is 9.26 Å². The quantitative estimate of drug-likeness (QED) is 0.918. The summed E-state index contributed by atoms with van der Waals surface area (Å²) in [5.74, 6) is 1.26. The van der Waals surface area contributed by atoms with Crippen molar-refractivity contribution in [1.29, 1.82) is 0 Å². The minimum Gasteiger partial charge on any atom is -0.496 e. The minimum atomic E-state index is -0.124. The van der Waals surface area contributed by atoms with Crippen LogP contribution >= 0.6 is 0 Å². The molecule has 0 spiro atoms. The van der Waals surface area contributed by atoms with Gasteiger partial charge in [-0.1, -0.05) is 11.2 Å². The van der Waals surface area contributed by atoms with E-state index in [1.807, 2.05) is 45.9 Å². The second kappa shape index (κ2) is 4.91. The molecular formula is C14H19N3O2. The first-order valence-electron chi connectivity index (χ1n) is 6.16. The van der Waals surface area contributed by atoms with Crippen LogP contribution in [0.3, 0.4) is 0 Å². The Morgan fingerprint density at radius 3 is 2.63 bits per heavy atom. The third-order valence-corrected chi connectivity index (χ3v) is 2.51. The van der Waals surface area contributed by atoms with Gasteiger partial charge in [-0.05, 0) is 45.4 Å². The second-order valence-electron chi connectivity index (χ2n) is 5.50. The first-order valence-corrected chi connectivity index (χ1v) is 6.16. The summed E-state index contributed by atoms with van der Waals surface area (Å²) in [5.41, 5.74) is 1.82. The molecule has 0 radical (unpaired) electrons. The number of ether oxygens (including phenoxy) is 1. The number of benzene rings is 1. The number of hydrogen-bond acceptors (Lipinski definition) is 5. The first kappa shape index (κ1) is 13.4. The topological polar surface area (TPSA) is 60.2 Å². The summed E-state index contributed by atoms with van der Waals surface area (Å²) in [5, 5.41) is 7.12. The van der Waals surface area contributed by atoms with E-state index in [-0.39, 0.29) is 5.54 Å². The molecule has 19 heavy (non-hydrogen) atoms. The summed E-state index contributed by atoms with van der Waals surface area (Å²) < 4.78 is 10.5. The molecule has 0 fully saturated rings. The number of anilines is 1. The van der Waals surface area contributed by atoms with Crippen LogP contribution in [0.25, 0.3) is 11.4 Å². The SMILES string of the molecule is COc1cc(C)ccc1-c1noc(NC(C)(C)C)n1. The van der Waals surface area contributed by atoms with Gasteiger partial charge in [-0.3, -0.25) is 0 Å². The Kier molecular flexibility index (Phi) is 3.46. The van der Waals surface area contributed by atoms with Gasteiger partial charge in [-0.2, -0.15) is 4.98 Å². The van der Waals surface area contributed by atoms with Gasteiger partial charge < -0.3 is 14.6 Å². The molecule has 102 valence electrons. The summed E-state index contributed by atoms with van der Waals surface area (Å²) in [6, 6.07) is 6.28. The van der Waals surface area contributed by atoms with Gasteiger partial charge in [0.15, 0.2) is 0 Å². The van der Waals surface area contributed by atoms with Crippen LogP contribution in [0.1, 0.15) is 26.3 Å². The molecule has 0 atom stereocenters. The molecule has 0 amide bonds. The third kappa shape index (κ3) is 3.24. The zero-order valence-corrected chi connectivity index (χ0v) is 11.9. The number of methoxy groups -OCH3 is 1. The molecule has 2 rings (SSSR count). The van der Waals surface area contributed by atoms with E-state index >= 15 is 0 Å². The Labute approximate surface area is 113 Å². The fourth-order valence-electron chi connectivity index (χ4n) is 1.69. The molecule has 0 unspecified atom stereocenters. The van der Waals surface area contributed by atoms with E-state index in [9.17, 15) is 0 Å². The molecule has 0 bridgehead atoms. The predicted molar refractivity (Wildman–Crippen MR) is 74.4 cm³/mol. The predicted octanol–water partition coefficient (Wildman–Crippen LogP) is 3.26. The molecule has 0 saturated carbocycles. The summed E-state index contributed by atoms with van der Waals surface area (Å²) in [7, 11) is 1.63. The van der Waals surface area contributed by atoms with E-state index in [0.717, 1.165) is 16.9 Å². The van der Waals surface area contributed by atoms with Gasteiger partial charge in [0, 0.05) is 5.54 Å². The van der Waals surface area contributed by atoms with Gasteiger partial charge in [0.1, 0.15) is 5.75 Å². The van der Waals surface area contributed by atoms with E-state index < -0.39 is 0 Å². The lowest BCUT2D eigenvalue weighted by molar-refractivity contribution is 0.411. The van der Waals surface area contributed by atoms with Crippen molar-refractivity contribution in [1.82, 2.24) is 10.1 Å². The van der Waals surface area contributed by atoms with Gasteiger partial charge in [-0.15, -0.1) is 0 Å². The molecule has 1 aromatic heterocycles. The van der Waals surface area contributed by atoms with Crippen LogP contribution in [0.2, 0.25) is 0 Å². The summed E-state index contributed by atoms with van der Waals surface area (Å²) in [6.07, 6.45) is 0. The van der Waals surface area contributed by atoms with Crippen molar-refractivity contribution in [3.63, 3.8) is 0 Å². The lowest BCUT2D eigenvalue weighted by atomic mass is 10.1. The van der Waals surface area contributed by atoms with Gasteiger partial charge in [0.2, 0.25) is 5.82 Å². The molecule has 5 heteroatoms. The largest absolute Gasteiger partial charge is 0.496 e. The zero-order chi connectivity index (χ0) is 14.0. The molecule has 2 aromatic rings. The molecule has 1 aromatic carbocycles. The number of aryl methyl sites for hydroxylation is 1. The van der Waals surface area contributed by atoms with Crippen LogP contribution in [-0.4, -0.2) is 22.8 Å². The highest BCUT2D eigenvalue weighted by atomic mass is 16.5.